The quantitative estimate of drug-likeness (QED) is 0.815. The van der Waals surface area contributed by atoms with E-state index in [0.717, 1.165) is 11.3 Å². The van der Waals surface area contributed by atoms with Crippen molar-refractivity contribution in [2.24, 2.45) is 0 Å². The van der Waals surface area contributed by atoms with Gasteiger partial charge in [-0.05, 0) is 29.8 Å². The first-order valence-corrected chi connectivity index (χ1v) is 7.02. The molecule has 3 rings (SSSR count). The number of benzene rings is 1. The molecule has 0 unspecified atom stereocenters. The van der Waals surface area contributed by atoms with Gasteiger partial charge in [0.25, 0.3) is 5.43 Å². The Balaban J connectivity index is 2.17. The summed E-state index contributed by atoms with van der Waals surface area (Å²) in [5.41, 5.74) is 0.370. The zero-order valence-corrected chi connectivity index (χ0v) is 12.9. The number of likely N-dealkylation sites (N-methyl/N-ethyl adjacent to an activating group) is 1. The summed E-state index contributed by atoms with van der Waals surface area (Å²) in [6.45, 7) is 3.80. The maximum Gasteiger partial charge on any atom is 0.335 e. The standard InChI is InChI=1S/C17H15NO5/c1-17(2)10-6-8(16(22)23)4-5-11(10)18(3)12(17)7-9-13(19)15(21)14(9)20/h4-7,19H,1-3H3,(H,22,23). The molecule has 0 aliphatic carbocycles. The van der Waals surface area contributed by atoms with Gasteiger partial charge in [-0.2, -0.15) is 0 Å². The van der Waals surface area contributed by atoms with Crippen molar-refractivity contribution in [3.8, 4) is 5.75 Å². The average molecular weight is 313 g/mol. The van der Waals surface area contributed by atoms with Crippen LogP contribution in [0.4, 0.5) is 5.69 Å². The molecule has 0 saturated heterocycles. The Morgan fingerprint density at radius 1 is 1.22 bits per heavy atom. The topological polar surface area (TPSA) is 94.9 Å². The molecule has 0 saturated carbocycles. The molecular weight excluding hydrogens is 298 g/mol. The molecule has 0 fully saturated rings. The normalized spacial score (nSPS) is 17.7. The van der Waals surface area contributed by atoms with Gasteiger partial charge in [0.15, 0.2) is 5.75 Å². The first kappa shape index (κ1) is 15.0. The molecule has 0 radical (unpaired) electrons. The van der Waals surface area contributed by atoms with Crippen molar-refractivity contribution in [1.29, 1.82) is 0 Å². The van der Waals surface area contributed by atoms with E-state index >= 15 is 0 Å². The van der Waals surface area contributed by atoms with Crippen LogP contribution in [0.2, 0.25) is 0 Å². The Hall–Kier alpha value is -2.89. The van der Waals surface area contributed by atoms with Crippen LogP contribution in [-0.4, -0.2) is 23.2 Å². The summed E-state index contributed by atoms with van der Waals surface area (Å²) in [6.07, 6.45) is 1.50. The van der Waals surface area contributed by atoms with Crippen LogP contribution >= 0.6 is 0 Å². The number of hydrogen-bond donors (Lipinski definition) is 2. The molecule has 0 amide bonds. The molecule has 0 atom stereocenters. The van der Waals surface area contributed by atoms with E-state index in [9.17, 15) is 19.5 Å². The zero-order chi connectivity index (χ0) is 17.1. The van der Waals surface area contributed by atoms with Crippen molar-refractivity contribution in [3.63, 3.8) is 0 Å². The lowest BCUT2D eigenvalue weighted by Gasteiger charge is -2.24. The number of fused-ring (bicyclic) bond motifs is 1. The van der Waals surface area contributed by atoms with E-state index in [1.165, 1.54) is 12.1 Å². The Bertz CT molecular complexity index is 945. The highest BCUT2D eigenvalue weighted by Crippen LogP contribution is 2.47. The van der Waals surface area contributed by atoms with Crippen molar-refractivity contribution in [2.45, 2.75) is 19.3 Å². The highest BCUT2D eigenvalue weighted by molar-refractivity contribution is 5.90. The largest absolute Gasteiger partial charge is 0.504 e. The molecule has 1 aliphatic rings. The second-order valence-corrected chi connectivity index (χ2v) is 6.17. The van der Waals surface area contributed by atoms with Crippen LogP contribution in [0.1, 0.15) is 35.3 Å². The average Bonchev–Trinajstić information content (AvgIpc) is 2.71. The van der Waals surface area contributed by atoms with E-state index in [0.29, 0.717) is 5.70 Å². The van der Waals surface area contributed by atoms with Gasteiger partial charge in [-0.3, -0.25) is 9.59 Å². The Kier molecular flexibility index (Phi) is 2.97. The SMILES string of the molecule is CN1C(=Cc2c(O)c(=O)c2=O)C(C)(C)c2cc(C(=O)O)ccc21. The number of hydrogen-bond acceptors (Lipinski definition) is 5. The van der Waals surface area contributed by atoms with Gasteiger partial charge in [-0.25, -0.2) is 4.79 Å². The van der Waals surface area contributed by atoms with Crippen LogP contribution in [0.5, 0.6) is 5.75 Å². The third-order valence-electron chi connectivity index (χ3n) is 4.48. The van der Waals surface area contributed by atoms with Crippen LogP contribution in [0.15, 0.2) is 33.5 Å². The Labute approximate surface area is 131 Å². The van der Waals surface area contributed by atoms with E-state index in [2.05, 4.69) is 0 Å². The molecule has 0 bridgehead atoms. The number of nitrogens with zero attached hydrogens (tertiary/aromatic N) is 1. The summed E-state index contributed by atoms with van der Waals surface area (Å²) in [4.78, 5) is 35.8. The van der Waals surface area contributed by atoms with Crippen molar-refractivity contribution in [2.75, 3.05) is 11.9 Å². The summed E-state index contributed by atoms with van der Waals surface area (Å²) in [5, 5.41) is 18.7. The lowest BCUT2D eigenvalue weighted by atomic mass is 9.82. The number of anilines is 1. The molecular formula is C17H15NO5. The number of carboxylic acids is 1. The van der Waals surface area contributed by atoms with E-state index in [1.807, 2.05) is 18.7 Å². The smallest absolute Gasteiger partial charge is 0.335 e. The van der Waals surface area contributed by atoms with Gasteiger partial charge in [0.2, 0.25) is 5.43 Å². The van der Waals surface area contributed by atoms with Gasteiger partial charge in [0.05, 0.1) is 11.1 Å². The zero-order valence-electron chi connectivity index (χ0n) is 12.9. The Morgan fingerprint density at radius 2 is 1.87 bits per heavy atom. The van der Waals surface area contributed by atoms with Crippen molar-refractivity contribution >= 4 is 17.7 Å². The number of carboxylic acid groups (broad SMARTS) is 1. The van der Waals surface area contributed by atoms with Crippen molar-refractivity contribution < 1.29 is 15.0 Å². The predicted octanol–water partition coefficient (Wildman–Crippen LogP) is 1.45. The van der Waals surface area contributed by atoms with Crippen LogP contribution < -0.4 is 15.8 Å². The third-order valence-corrected chi connectivity index (χ3v) is 4.48. The number of carbonyl (C=O) groups is 1. The van der Waals surface area contributed by atoms with Crippen LogP contribution in [-0.2, 0) is 5.41 Å². The molecule has 0 spiro atoms. The molecule has 118 valence electrons. The minimum atomic E-state index is -1.01. The maximum absolute atomic E-state index is 11.6. The van der Waals surface area contributed by atoms with Gasteiger partial charge in [0.1, 0.15) is 0 Å². The maximum atomic E-state index is 11.6. The van der Waals surface area contributed by atoms with Crippen LogP contribution in [0.3, 0.4) is 0 Å². The van der Waals surface area contributed by atoms with Crippen LogP contribution in [0.25, 0.3) is 6.08 Å². The van der Waals surface area contributed by atoms with Crippen LogP contribution in [0, 0.1) is 0 Å². The van der Waals surface area contributed by atoms with E-state index in [4.69, 9.17) is 5.11 Å². The lowest BCUT2D eigenvalue weighted by Crippen LogP contribution is -2.33. The highest BCUT2D eigenvalue weighted by atomic mass is 16.4. The molecule has 6 nitrogen and oxygen atoms in total. The summed E-state index contributed by atoms with van der Waals surface area (Å²) in [6, 6.07) is 4.84. The fourth-order valence-corrected chi connectivity index (χ4v) is 3.09. The molecule has 1 heterocycles. The summed E-state index contributed by atoms with van der Waals surface area (Å²) in [5.74, 6) is -1.53. The van der Waals surface area contributed by atoms with E-state index in [-0.39, 0.29) is 11.1 Å². The summed E-state index contributed by atoms with van der Waals surface area (Å²) >= 11 is 0. The molecule has 2 N–H and O–H groups in total. The molecule has 6 heteroatoms. The number of aromatic hydroxyl groups is 1. The summed E-state index contributed by atoms with van der Waals surface area (Å²) in [7, 11) is 1.79. The van der Waals surface area contributed by atoms with Gasteiger partial charge in [-0.15, -0.1) is 0 Å². The fraction of sp³-hybridized carbons (Fsp3) is 0.235. The third kappa shape index (κ3) is 1.91. The second kappa shape index (κ2) is 4.55. The molecule has 1 aliphatic heterocycles. The van der Waals surface area contributed by atoms with E-state index in [1.54, 1.807) is 19.2 Å². The number of rotatable bonds is 2. The number of allylic oxidation sites excluding steroid dienone is 1. The molecule has 23 heavy (non-hydrogen) atoms. The van der Waals surface area contributed by atoms with Crippen molar-refractivity contribution in [3.05, 3.63) is 61.0 Å². The van der Waals surface area contributed by atoms with E-state index < -0.39 is 28.0 Å². The van der Waals surface area contributed by atoms with Gasteiger partial charge in [0, 0.05) is 23.8 Å². The highest BCUT2D eigenvalue weighted by Gasteiger charge is 2.39. The van der Waals surface area contributed by atoms with Gasteiger partial charge in [-0.1, -0.05) is 13.8 Å². The van der Waals surface area contributed by atoms with Gasteiger partial charge < -0.3 is 15.1 Å². The lowest BCUT2D eigenvalue weighted by molar-refractivity contribution is 0.0697. The predicted molar refractivity (Wildman–Crippen MR) is 85.8 cm³/mol. The molecule has 2 aromatic carbocycles. The molecule has 0 aromatic heterocycles. The number of aromatic carboxylic acids is 1. The fourth-order valence-electron chi connectivity index (χ4n) is 3.09. The second-order valence-electron chi connectivity index (χ2n) is 6.17. The minimum Gasteiger partial charge on any atom is -0.504 e. The monoisotopic (exact) mass is 313 g/mol. The summed E-state index contributed by atoms with van der Waals surface area (Å²) < 4.78 is 0. The Morgan fingerprint density at radius 3 is 2.43 bits per heavy atom. The first-order valence-electron chi connectivity index (χ1n) is 7.02. The van der Waals surface area contributed by atoms with Gasteiger partial charge >= 0.3 is 5.97 Å². The first-order chi connectivity index (χ1) is 10.7. The molecule has 2 aromatic rings. The minimum absolute atomic E-state index is 0.00353. The van der Waals surface area contributed by atoms with Crippen molar-refractivity contribution in [1.82, 2.24) is 0 Å².